The minimum Gasteiger partial charge on any atom is -0.462 e. The van der Waals surface area contributed by atoms with Crippen molar-refractivity contribution in [3.63, 3.8) is 0 Å². The quantitative estimate of drug-likeness (QED) is 0.0151. The third kappa shape index (κ3) is 15.9. The number of rotatable bonds is 21. The van der Waals surface area contributed by atoms with Gasteiger partial charge in [-0.05, 0) is 87.6 Å². The number of carbonyl (C=O) groups excluding carboxylic acids is 4. The summed E-state index contributed by atoms with van der Waals surface area (Å²) in [7, 11) is -25.5. The molecule has 35 heteroatoms. The zero-order valence-electron chi connectivity index (χ0n) is 42.4. The largest absolute Gasteiger partial charge is 0.462 e. The molecule has 0 unspecified atom stereocenters. The van der Waals surface area contributed by atoms with E-state index in [2.05, 4.69) is 28.7 Å². The molecule has 0 fully saturated rings. The first-order valence-corrected chi connectivity index (χ1v) is 28.3. The smallest absolute Gasteiger partial charge is 0.450 e. The summed E-state index contributed by atoms with van der Waals surface area (Å²) < 4.78 is 292. The van der Waals surface area contributed by atoms with Gasteiger partial charge in [0, 0.05) is 6.42 Å². The molecule has 0 amide bonds. The summed E-state index contributed by atoms with van der Waals surface area (Å²) in [5.74, 6) is -24.4. The maximum absolute atomic E-state index is 13.8. The van der Waals surface area contributed by atoms with Crippen molar-refractivity contribution in [2.24, 2.45) is 0 Å². The van der Waals surface area contributed by atoms with Crippen LogP contribution in [-0.4, -0.2) is 99.3 Å². The predicted molar refractivity (Wildman–Crippen MR) is 276 cm³/mol. The van der Waals surface area contributed by atoms with Crippen LogP contribution in [0.25, 0.3) is 29.0 Å². The number of ether oxygens (including phenoxy) is 3. The van der Waals surface area contributed by atoms with Crippen LogP contribution in [0.4, 0.5) is 52.7 Å². The summed E-state index contributed by atoms with van der Waals surface area (Å²) in [6.07, 6.45) is 3.60. The first-order chi connectivity index (χ1) is 39.5. The Hall–Kier alpha value is -8.48. The molecule has 0 aliphatic heterocycles. The molecule has 86 heavy (non-hydrogen) atoms. The van der Waals surface area contributed by atoms with Crippen molar-refractivity contribution in [1.82, 2.24) is 0 Å². The Labute approximate surface area is 477 Å². The molecule has 6 aromatic carbocycles. The highest BCUT2D eigenvalue weighted by molar-refractivity contribution is 7.89. The first kappa shape index (κ1) is 70.0. The molecule has 0 saturated carbocycles. The average Bonchev–Trinajstić information content (AvgIpc) is 0.759. The van der Waals surface area contributed by atoms with E-state index in [9.17, 15) is 106 Å². The van der Waals surface area contributed by atoms with Gasteiger partial charge in [-0.3, -0.25) is 18.5 Å². The number of fused-ring (bicyclic) bond motifs is 1. The highest BCUT2D eigenvalue weighted by Crippen LogP contribution is 2.51. The predicted octanol–water partition coefficient (Wildman–Crippen LogP) is 10.5. The van der Waals surface area contributed by atoms with Gasteiger partial charge in [0.2, 0.25) is 23.2 Å². The molecule has 19 nitrogen and oxygen atoms in total. The lowest BCUT2D eigenvalue weighted by Crippen LogP contribution is -2.61. The molecular weight excluding hydrogens is 1270 g/mol. The van der Waals surface area contributed by atoms with E-state index in [-0.39, 0.29) is 22.3 Å². The average molecular weight is 1310 g/mol. The zero-order chi connectivity index (χ0) is 65.3. The van der Waals surface area contributed by atoms with Gasteiger partial charge < -0.3 is 18.4 Å². The van der Waals surface area contributed by atoms with Crippen LogP contribution in [0.15, 0.2) is 134 Å². The maximum Gasteiger partial charge on any atom is 0.450 e. The van der Waals surface area contributed by atoms with Crippen molar-refractivity contribution in [1.29, 1.82) is 0 Å². The van der Waals surface area contributed by atoms with Crippen LogP contribution >= 0.6 is 0 Å². The number of halogens is 12. The van der Waals surface area contributed by atoms with Crippen molar-refractivity contribution in [3.8, 4) is 11.5 Å². The molecule has 0 aliphatic carbocycles. The number of benzene rings is 6. The normalized spacial score (nSPS) is 12.3. The number of alkyl halides is 8. The lowest BCUT2D eigenvalue weighted by molar-refractivity contribution is -0.247. The fraction of sp³-hybridized carbons (Fsp3) is 0.137. The maximum atomic E-state index is 13.8. The summed E-state index contributed by atoms with van der Waals surface area (Å²) in [5.41, 5.74) is 2.50. The highest BCUT2D eigenvalue weighted by Gasteiger charge is 2.83. The SMILES string of the molecule is C=Cc1ccc(C(=O)OCc2ccc(OS(=O)(=O)C(F)(F)C(F)(F)C(F)(F)S(=O)(=O)O)cc2)cc1.C=Cc1ccc(C(=O)Oc2c(F)c(F)c(S(=O)(=O)O)c(F)c2F)cc1.C=Cc1ccc2cc(C(=O)OCCC(=O)C(F)(F)S(=O)(=O)O)ccc2c1. The van der Waals surface area contributed by atoms with E-state index in [0.29, 0.717) is 17.7 Å². The highest BCUT2D eigenvalue weighted by atomic mass is 32.2. The van der Waals surface area contributed by atoms with Crippen LogP contribution in [0.1, 0.15) is 59.7 Å². The van der Waals surface area contributed by atoms with Crippen LogP contribution in [0.5, 0.6) is 11.5 Å². The molecule has 6 rings (SSSR count). The molecule has 0 aromatic heterocycles. The second-order valence-electron chi connectivity index (χ2n) is 16.6. The van der Waals surface area contributed by atoms with Gasteiger partial charge in [0.05, 0.1) is 23.3 Å². The topological polar surface area (TPSA) is 302 Å². The van der Waals surface area contributed by atoms with Gasteiger partial charge in [-0.25, -0.2) is 23.2 Å². The minimum absolute atomic E-state index is 0.137. The number of carbonyl (C=O) groups is 4. The molecule has 3 N–H and O–H groups in total. The number of hydrogen-bond donors (Lipinski definition) is 3. The summed E-state index contributed by atoms with van der Waals surface area (Å²) in [6.45, 7) is 9.52. The standard InChI is InChI=1S/C19H14F6O8S2.C17H14F2O6S.C15H8F4O5S/c1-2-12-3-7-14(8-4-12)16(26)32-11-13-5-9-15(10-6-13)33-35(30,31)19(24,25)17(20,21)18(22,23)34(27,28)29;1-2-11-3-4-13-10-14(6-5-12(13)9-11)16(21)25-8-7-15(20)17(18,19)26(22,23)24;1-2-7-3-5-8(6-4-7)15(20)24-13-9(16)11(18)14(25(21,22)23)12(19)10(13)17/h2-10H,1,11H2,(H,27,28,29);2-6,9-10H,1,7-8H2,(H,22,23,24);2-6H,1H2,(H,21,22,23). The van der Waals surface area contributed by atoms with E-state index in [1.807, 2.05) is 6.07 Å². The molecule has 6 aromatic rings. The van der Waals surface area contributed by atoms with Crippen molar-refractivity contribution in [2.45, 2.75) is 39.6 Å². The van der Waals surface area contributed by atoms with Crippen LogP contribution in [0.3, 0.4) is 0 Å². The van der Waals surface area contributed by atoms with Crippen molar-refractivity contribution < 1.29 is 138 Å². The molecule has 462 valence electrons. The lowest BCUT2D eigenvalue weighted by Gasteiger charge is -2.29. The Bertz CT molecular complexity index is 4060. The number of esters is 3. The van der Waals surface area contributed by atoms with Gasteiger partial charge in [-0.2, -0.15) is 77.6 Å². The molecule has 0 atom stereocenters. The third-order valence-electron chi connectivity index (χ3n) is 10.8. The van der Waals surface area contributed by atoms with E-state index < -0.39 is 145 Å². The van der Waals surface area contributed by atoms with E-state index in [1.165, 1.54) is 60.7 Å². The summed E-state index contributed by atoms with van der Waals surface area (Å²) in [5, 5.41) is -17.0. The van der Waals surface area contributed by atoms with E-state index >= 15 is 0 Å². The van der Waals surface area contributed by atoms with Crippen LogP contribution in [-0.2, 0) is 61.3 Å². The fourth-order valence-corrected chi connectivity index (χ4v) is 8.69. The molecule has 0 bridgehead atoms. The Balaban J connectivity index is 0.000000282. The number of Topliss-reactive ketones (excluding diaryl/α,β-unsaturated/α-hetero) is 1. The summed E-state index contributed by atoms with van der Waals surface area (Å²) >= 11 is 0. The van der Waals surface area contributed by atoms with Crippen molar-refractivity contribution in [3.05, 3.63) is 191 Å². The molecule has 0 spiro atoms. The Morgan fingerprint density at radius 2 is 0.930 bits per heavy atom. The number of ketones is 1. The van der Waals surface area contributed by atoms with Crippen LogP contribution < -0.4 is 8.92 Å². The van der Waals surface area contributed by atoms with Crippen molar-refractivity contribution in [2.75, 3.05) is 6.61 Å². The van der Waals surface area contributed by atoms with Gasteiger partial charge in [0.15, 0.2) is 16.5 Å². The van der Waals surface area contributed by atoms with E-state index in [4.69, 9.17) is 23.1 Å². The Morgan fingerprint density at radius 1 is 0.500 bits per heavy atom. The monoisotopic (exact) mass is 1310 g/mol. The van der Waals surface area contributed by atoms with Crippen LogP contribution in [0, 0.1) is 23.3 Å². The molecular formula is C51H36F12O19S4. The van der Waals surface area contributed by atoms with Crippen LogP contribution in [0.2, 0.25) is 0 Å². The van der Waals surface area contributed by atoms with Gasteiger partial charge in [-0.1, -0.05) is 92.6 Å². The second kappa shape index (κ2) is 26.8. The molecule has 0 saturated heterocycles. The first-order valence-electron chi connectivity index (χ1n) is 22.5. The summed E-state index contributed by atoms with van der Waals surface area (Å²) in [4.78, 5) is 44.7. The van der Waals surface area contributed by atoms with Gasteiger partial charge in [-0.15, -0.1) is 0 Å². The zero-order valence-corrected chi connectivity index (χ0v) is 45.7. The minimum atomic E-state index is -7.15. The fourth-order valence-electron chi connectivity index (χ4n) is 6.24. The summed E-state index contributed by atoms with van der Waals surface area (Å²) in [6, 6.07) is 24.6. The Kier molecular flexibility index (Phi) is 21.8. The number of hydrogen-bond acceptors (Lipinski definition) is 16. The van der Waals surface area contributed by atoms with Crippen molar-refractivity contribution >= 4 is 93.2 Å². The molecule has 0 heterocycles. The molecule has 0 aliphatic rings. The van der Waals surface area contributed by atoms with Gasteiger partial charge in [0.25, 0.3) is 0 Å². The lowest BCUT2D eigenvalue weighted by atomic mass is 10.0. The molecule has 0 radical (unpaired) electrons. The Morgan fingerprint density at radius 3 is 1.38 bits per heavy atom. The van der Waals surface area contributed by atoms with Gasteiger partial charge in [0.1, 0.15) is 12.4 Å². The van der Waals surface area contributed by atoms with E-state index in [1.54, 1.807) is 36.4 Å². The second-order valence-corrected chi connectivity index (χ2v) is 22.5. The van der Waals surface area contributed by atoms with Gasteiger partial charge >= 0.3 is 80.1 Å². The third-order valence-corrected chi connectivity index (χ3v) is 14.8. The van der Waals surface area contributed by atoms with E-state index in [0.717, 1.165) is 34.0 Å².